The summed E-state index contributed by atoms with van der Waals surface area (Å²) in [5.41, 5.74) is 0.694. The topological polar surface area (TPSA) is 54.7 Å². The Hall–Kier alpha value is -1.33. The number of carbonyl (C=O) groups excluding carboxylic acids is 1. The molecular weight excluding hydrogens is 244 g/mol. The first-order chi connectivity index (χ1) is 9.11. The number of ether oxygens (including phenoxy) is 1. The first-order valence-corrected chi connectivity index (χ1v) is 6.69. The van der Waals surface area contributed by atoms with Crippen LogP contribution >= 0.6 is 0 Å². The van der Waals surface area contributed by atoms with Gasteiger partial charge in [-0.2, -0.15) is 0 Å². The van der Waals surface area contributed by atoms with E-state index in [0.29, 0.717) is 31.3 Å². The normalized spacial score (nSPS) is 22.1. The molecule has 5 heteroatoms. The highest BCUT2D eigenvalue weighted by Crippen LogP contribution is 2.27. The molecule has 1 amide bonds. The van der Waals surface area contributed by atoms with Crippen LogP contribution in [-0.4, -0.2) is 53.9 Å². The maximum Gasteiger partial charge on any atom is 0.270 e. The third-order valence-corrected chi connectivity index (χ3v) is 3.67. The molecule has 1 aromatic heterocycles. The molecule has 0 bridgehead atoms. The molecule has 0 unspecified atom stereocenters. The van der Waals surface area contributed by atoms with E-state index in [2.05, 4.69) is 0 Å². The lowest BCUT2D eigenvalue weighted by Crippen LogP contribution is -2.40. The van der Waals surface area contributed by atoms with Crippen molar-refractivity contribution >= 4 is 5.91 Å². The summed E-state index contributed by atoms with van der Waals surface area (Å²) in [7, 11) is 3.47. The Morgan fingerprint density at radius 3 is 2.95 bits per heavy atom. The van der Waals surface area contributed by atoms with E-state index in [1.807, 2.05) is 29.9 Å². The summed E-state index contributed by atoms with van der Waals surface area (Å²) in [5.74, 6) is 0.467. The van der Waals surface area contributed by atoms with Crippen molar-refractivity contribution in [2.45, 2.75) is 25.5 Å². The molecule has 1 heterocycles. The van der Waals surface area contributed by atoms with E-state index in [1.165, 1.54) is 0 Å². The average Bonchev–Trinajstić information content (AvgIpc) is 2.81. The Balaban J connectivity index is 1.92. The Morgan fingerprint density at radius 1 is 1.58 bits per heavy atom. The van der Waals surface area contributed by atoms with Gasteiger partial charge < -0.3 is 19.3 Å². The highest BCUT2D eigenvalue weighted by molar-refractivity contribution is 5.92. The van der Waals surface area contributed by atoms with Crippen molar-refractivity contribution in [1.29, 1.82) is 0 Å². The molecule has 1 fully saturated rings. The summed E-state index contributed by atoms with van der Waals surface area (Å²) in [6.07, 6.45) is 3.34. The first-order valence-electron chi connectivity index (χ1n) is 6.69. The van der Waals surface area contributed by atoms with Crippen molar-refractivity contribution in [2.24, 2.45) is 5.92 Å². The number of methoxy groups -OCH3 is 1. The highest BCUT2D eigenvalue weighted by atomic mass is 16.5. The number of hydrogen-bond donors (Lipinski definition) is 1. The third kappa shape index (κ3) is 3.36. The fourth-order valence-corrected chi connectivity index (χ4v) is 2.51. The van der Waals surface area contributed by atoms with Crippen molar-refractivity contribution in [1.82, 2.24) is 9.47 Å². The second-order valence-electron chi connectivity index (χ2n) is 5.26. The Morgan fingerprint density at radius 2 is 2.32 bits per heavy atom. The van der Waals surface area contributed by atoms with Gasteiger partial charge in [0.2, 0.25) is 0 Å². The predicted molar refractivity (Wildman–Crippen MR) is 72.0 cm³/mol. The van der Waals surface area contributed by atoms with Crippen LogP contribution in [0, 0.1) is 5.92 Å². The van der Waals surface area contributed by atoms with Gasteiger partial charge in [-0.05, 0) is 30.9 Å². The van der Waals surface area contributed by atoms with E-state index >= 15 is 0 Å². The maximum absolute atomic E-state index is 12.3. The van der Waals surface area contributed by atoms with Crippen LogP contribution in [0.2, 0.25) is 0 Å². The van der Waals surface area contributed by atoms with Crippen LogP contribution in [-0.2, 0) is 11.3 Å². The maximum atomic E-state index is 12.3. The fourth-order valence-electron chi connectivity index (χ4n) is 2.51. The molecule has 0 spiro atoms. The lowest BCUT2D eigenvalue weighted by molar-refractivity contribution is 0.0262. The molecule has 0 radical (unpaired) electrons. The molecule has 1 aromatic rings. The van der Waals surface area contributed by atoms with E-state index < -0.39 is 0 Å². The molecule has 1 aliphatic rings. The van der Waals surface area contributed by atoms with E-state index in [-0.39, 0.29) is 12.0 Å². The summed E-state index contributed by atoms with van der Waals surface area (Å²) in [5, 5.41) is 9.27. The van der Waals surface area contributed by atoms with Crippen LogP contribution in [0.25, 0.3) is 0 Å². The smallest absolute Gasteiger partial charge is 0.270 e. The van der Waals surface area contributed by atoms with Gasteiger partial charge >= 0.3 is 0 Å². The van der Waals surface area contributed by atoms with Crippen molar-refractivity contribution in [3.05, 3.63) is 24.0 Å². The van der Waals surface area contributed by atoms with Gasteiger partial charge in [-0.1, -0.05) is 0 Å². The molecular formula is C14H22N2O3. The van der Waals surface area contributed by atoms with E-state index in [9.17, 15) is 9.90 Å². The molecule has 2 rings (SSSR count). The fraction of sp³-hybridized carbons (Fsp3) is 0.643. The number of amides is 1. The molecule has 1 saturated carbocycles. The lowest BCUT2D eigenvalue weighted by Gasteiger charge is -2.34. The zero-order chi connectivity index (χ0) is 13.8. The lowest BCUT2D eigenvalue weighted by atomic mass is 9.82. The Bertz CT molecular complexity index is 424. The van der Waals surface area contributed by atoms with Gasteiger partial charge in [0.1, 0.15) is 5.69 Å². The molecule has 1 N–H and O–H groups in total. The van der Waals surface area contributed by atoms with Crippen molar-refractivity contribution in [3.63, 3.8) is 0 Å². The zero-order valence-corrected chi connectivity index (χ0v) is 11.6. The largest absolute Gasteiger partial charge is 0.393 e. The predicted octanol–water partition coefficient (Wildman–Crippen LogP) is 0.977. The molecule has 0 atom stereocenters. The third-order valence-electron chi connectivity index (χ3n) is 3.67. The first kappa shape index (κ1) is 14.1. The van der Waals surface area contributed by atoms with Gasteiger partial charge in [0.25, 0.3) is 5.91 Å². The van der Waals surface area contributed by atoms with Gasteiger partial charge in [0.15, 0.2) is 0 Å². The molecule has 106 valence electrons. The minimum atomic E-state index is -0.168. The molecule has 0 aromatic carbocycles. The van der Waals surface area contributed by atoms with Crippen LogP contribution < -0.4 is 0 Å². The van der Waals surface area contributed by atoms with E-state index in [1.54, 1.807) is 12.0 Å². The van der Waals surface area contributed by atoms with Gasteiger partial charge in [-0.25, -0.2) is 0 Å². The van der Waals surface area contributed by atoms with Gasteiger partial charge in [0.05, 0.1) is 12.7 Å². The minimum Gasteiger partial charge on any atom is -0.393 e. The monoisotopic (exact) mass is 266 g/mol. The van der Waals surface area contributed by atoms with Crippen LogP contribution in [0.3, 0.4) is 0 Å². The van der Waals surface area contributed by atoms with Crippen molar-refractivity contribution in [3.8, 4) is 0 Å². The van der Waals surface area contributed by atoms with E-state index in [4.69, 9.17) is 4.74 Å². The van der Waals surface area contributed by atoms with Crippen molar-refractivity contribution in [2.75, 3.05) is 27.3 Å². The molecule has 5 nitrogen and oxygen atoms in total. The summed E-state index contributed by atoms with van der Waals surface area (Å²) in [6, 6.07) is 3.72. The van der Waals surface area contributed by atoms with Gasteiger partial charge in [-0.3, -0.25) is 4.79 Å². The number of rotatable bonds is 6. The summed E-state index contributed by atoms with van der Waals surface area (Å²) in [6.45, 7) is 1.99. The van der Waals surface area contributed by atoms with Crippen LogP contribution in [0.15, 0.2) is 18.3 Å². The second kappa shape index (κ2) is 6.21. The second-order valence-corrected chi connectivity index (χ2v) is 5.26. The van der Waals surface area contributed by atoms with Gasteiger partial charge in [0, 0.05) is 33.4 Å². The van der Waals surface area contributed by atoms with Crippen LogP contribution in [0.1, 0.15) is 23.3 Å². The number of aliphatic hydroxyl groups is 1. The number of carbonyl (C=O) groups is 1. The number of nitrogens with zero attached hydrogens (tertiary/aromatic N) is 2. The summed E-state index contributed by atoms with van der Waals surface area (Å²) in [4.78, 5) is 14.1. The molecule has 0 aliphatic heterocycles. The Kier molecular flexibility index (Phi) is 4.61. The average molecular weight is 266 g/mol. The van der Waals surface area contributed by atoms with Crippen LogP contribution in [0.4, 0.5) is 0 Å². The quantitative estimate of drug-likeness (QED) is 0.835. The number of aliphatic hydroxyl groups excluding tert-OH is 1. The number of hydrogen-bond acceptors (Lipinski definition) is 3. The van der Waals surface area contributed by atoms with Gasteiger partial charge in [-0.15, -0.1) is 0 Å². The van der Waals surface area contributed by atoms with E-state index in [0.717, 1.165) is 12.8 Å². The molecule has 1 aliphatic carbocycles. The van der Waals surface area contributed by atoms with Crippen molar-refractivity contribution < 1.29 is 14.6 Å². The summed E-state index contributed by atoms with van der Waals surface area (Å²) < 4.78 is 6.95. The minimum absolute atomic E-state index is 0.0301. The zero-order valence-electron chi connectivity index (χ0n) is 11.6. The molecule has 0 saturated heterocycles. The van der Waals surface area contributed by atoms with Crippen LogP contribution in [0.5, 0.6) is 0 Å². The highest BCUT2D eigenvalue weighted by Gasteiger charge is 2.29. The molecule has 19 heavy (non-hydrogen) atoms. The number of aromatic nitrogens is 1. The Labute approximate surface area is 113 Å². The standard InChI is InChI=1S/C14H22N2O3/c1-15(10-11-8-12(17)9-11)14(18)13-4-3-5-16(13)6-7-19-2/h3-5,11-12,17H,6-10H2,1-2H3. The summed E-state index contributed by atoms with van der Waals surface area (Å²) >= 11 is 0. The SMILES string of the molecule is COCCn1cccc1C(=O)N(C)CC1CC(O)C1.